The van der Waals surface area contributed by atoms with E-state index in [0.717, 1.165) is 16.9 Å². The molecule has 5 rings (SSSR count). The number of nitrogens with zero attached hydrogens (tertiary/aromatic N) is 1. The Hall–Kier alpha value is -3.45. The van der Waals surface area contributed by atoms with Gasteiger partial charge in [0, 0.05) is 30.2 Å². The van der Waals surface area contributed by atoms with Crippen molar-refractivity contribution < 1.29 is 19.1 Å². The van der Waals surface area contributed by atoms with Crippen LogP contribution in [-0.2, 0) is 23.6 Å². The number of carbonyl (C=O) groups is 2. The number of hydrogen-bond donors (Lipinski definition) is 1. The Morgan fingerprint density at radius 1 is 0.970 bits per heavy atom. The van der Waals surface area contributed by atoms with Crippen molar-refractivity contribution in [1.82, 2.24) is 10.2 Å². The van der Waals surface area contributed by atoms with Gasteiger partial charge in [-0.2, -0.15) is 11.8 Å². The molecule has 1 unspecified atom stereocenters. The Labute approximate surface area is 196 Å². The van der Waals surface area contributed by atoms with Crippen LogP contribution in [0, 0.1) is 0 Å². The Balaban J connectivity index is 1.28. The normalized spacial score (nSPS) is 14.8. The molecule has 7 heteroatoms. The second-order valence-corrected chi connectivity index (χ2v) is 9.04. The number of nitrogens with one attached hydrogen (secondary N) is 1. The van der Waals surface area contributed by atoms with Crippen LogP contribution in [0.25, 0.3) is 0 Å². The fourth-order valence-corrected chi connectivity index (χ4v) is 5.16. The van der Waals surface area contributed by atoms with Crippen molar-refractivity contribution >= 4 is 23.6 Å². The number of amides is 2. The molecule has 0 saturated heterocycles. The van der Waals surface area contributed by atoms with Gasteiger partial charge in [-0.1, -0.05) is 54.6 Å². The average molecular weight is 461 g/mol. The van der Waals surface area contributed by atoms with E-state index in [0.29, 0.717) is 35.9 Å². The maximum atomic E-state index is 13.3. The van der Waals surface area contributed by atoms with Gasteiger partial charge in [0.15, 0.2) is 11.5 Å². The van der Waals surface area contributed by atoms with Gasteiger partial charge in [0.25, 0.3) is 5.91 Å². The van der Waals surface area contributed by atoms with Gasteiger partial charge in [0.2, 0.25) is 12.7 Å². The van der Waals surface area contributed by atoms with Crippen LogP contribution >= 0.6 is 11.8 Å². The third kappa shape index (κ3) is 4.68. The molecule has 33 heavy (non-hydrogen) atoms. The van der Waals surface area contributed by atoms with Gasteiger partial charge >= 0.3 is 0 Å². The molecule has 6 nitrogen and oxygen atoms in total. The molecule has 2 aliphatic rings. The first-order chi connectivity index (χ1) is 16.2. The summed E-state index contributed by atoms with van der Waals surface area (Å²) in [5.74, 6) is 2.44. The van der Waals surface area contributed by atoms with Crippen molar-refractivity contribution in [3.05, 3.63) is 95.1 Å². The van der Waals surface area contributed by atoms with Crippen LogP contribution in [0.3, 0.4) is 0 Å². The fourth-order valence-electron chi connectivity index (χ4n) is 4.06. The SMILES string of the molecule is O=C(NCc1ccc2c(c1)OCO2)C(CSCc1ccccc1)N1Cc2ccccc2C1=O. The second kappa shape index (κ2) is 9.58. The summed E-state index contributed by atoms with van der Waals surface area (Å²) in [5.41, 5.74) is 3.75. The highest BCUT2D eigenvalue weighted by molar-refractivity contribution is 7.98. The van der Waals surface area contributed by atoms with Crippen LogP contribution in [0.2, 0.25) is 0 Å². The zero-order chi connectivity index (χ0) is 22.6. The summed E-state index contributed by atoms with van der Waals surface area (Å²) < 4.78 is 10.8. The predicted octanol–water partition coefficient (Wildman–Crippen LogP) is 3.99. The number of fused-ring (bicyclic) bond motifs is 2. The Kier molecular flexibility index (Phi) is 6.21. The summed E-state index contributed by atoms with van der Waals surface area (Å²) in [4.78, 5) is 28.1. The molecule has 2 amide bonds. The van der Waals surface area contributed by atoms with E-state index in [1.807, 2.05) is 60.7 Å². The van der Waals surface area contributed by atoms with E-state index in [1.165, 1.54) is 5.56 Å². The summed E-state index contributed by atoms with van der Waals surface area (Å²) >= 11 is 1.66. The van der Waals surface area contributed by atoms with Crippen molar-refractivity contribution in [1.29, 1.82) is 0 Å². The molecule has 0 spiro atoms. The predicted molar refractivity (Wildman–Crippen MR) is 127 cm³/mol. The number of thioether (sulfide) groups is 1. The highest BCUT2D eigenvalue weighted by Crippen LogP contribution is 2.32. The van der Waals surface area contributed by atoms with Crippen molar-refractivity contribution in [2.45, 2.75) is 24.9 Å². The number of hydrogen-bond acceptors (Lipinski definition) is 5. The highest BCUT2D eigenvalue weighted by atomic mass is 32.2. The van der Waals surface area contributed by atoms with E-state index < -0.39 is 6.04 Å². The van der Waals surface area contributed by atoms with E-state index in [1.54, 1.807) is 16.7 Å². The van der Waals surface area contributed by atoms with Crippen molar-refractivity contribution in [3.63, 3.8) is 0 Å². The minimum absolute atomic E-state index is 0.0888. The van der Waals surface area contributed by atoms with Crippen LogP contribution in [0.5, 0.6) is 11.5 Å². The molecular formula is C26H24N2O4S. The lowest BCUT2D eigenvalue weighted by Gasteiger charge is -2.27. The lowest BCUT2D eigenvalue weighted by molar-refractivity contribution is -0.125. The topological polar surface area (TPSA) is 67.9 Å². The van der Waals surface area contributed by atoms with Crippen LogP contribution < -0.4 is 14.8 Å². The monoisotopic (exact) mass is 460 g/mol. The number of carbonyl (C=O) groups excluding carboxylic acids is 2. The average Bonchev–Trinajstić information content (AvgIpc) is 3.45. The molecule has 2 heterocycles. The van der Waals surface area contributed by atoms with Crippen molar-refractivity contribution in [3.8, 4) is 11.5 Å². The summed E-state index contributed by atoms with van der Waals surface area (Å²) in [7, 11) is 0. The summed E-state index contributed by atoms with van der Waals surface area (Å²) in [5, 5.41) is 3.02. The Morgan fingerprint density at radius 2 is 1.76 bits per heavy atom. The summed E-state index contributed by atoms with van der Waals surface area (Å²) in [6.07, 6.45) is 0. The minimum Gasteiger partial charge on any atom is -0.454 e. The van der Waals surface area contributed by atoms with Crippen LogP contribution in [0.1, 0.15) is 27.0 Å². The Bertz CT molecular complexity index is 1170. The lowest BCUT2D eigenvalue weighted by atomic mass is 10.1. The first-order valence-electron chi connectivity index (χ1n) is 10.9. The molecule has 0 aromatic heterocycles. The van der Waals surface area contributed by atoms with Gasteiger partial charge in [-0.25, -0.2) is 0 Å². The van der Waals surface area contributed by atoms with Gasteiger partial charge in [0.05, 0.1) is 0 Å². The molecule has 3 aromatic carbocycles. The Morgan fingerprint density at radius 3 is 2.61 bits per heavy atom. The van der Waals surface area contributed by atoms with Crippen LogP contribution in [0.4, 0.5) is 0 Å². The third-order valence-electron chi connectivity index (χ3n) is 5.82. The first-order valence-corrected chi connectivity index (χ1v) is 12.0. The van der Waals surface area contributed by atoms with Gasteiger partial charge < -0.3 is 19.7 Å². The summed E-state index contributed by atoms with van der Waals surface area (Å²) in [6, 6.07) is 22.8. The van der Waals surface area contributed by atoms with Crippen LogP contribution in [0.15, 0.2) is 72.8 Å². The van der Waals surface area contributed by atoms with Gasteiger partial charge in [-0.15, -0.1) is 0 Å². The standard InChI is InChI=1S/C26H24N2O4S/c29-25(27-13-19-10-11-23-24(12-19)32-17-31-23)22(16-33-15-18-6-2-1-3-7-18)28-14-20-8-4-5-9-21(20)26(28)30/h1-12,22H,13-17H2,(H,27,29). The third-order valence-corrected chi connectivity index (χ3v) is 6.91. The molecule has 0 aliphatic carbocycles. The van der Waals surface area contributed by atoms with Crippen molar-refractivity contribution in [2.75, 3.05) is 12.5 Å². The van der Waals surface area contributed by atoms with Gasteiger partial charge in [-0.3, -0.25) is 9.59 Å². The number of benzene rings is 3. The second-order valence-electron chi connectivity index (χ2n) is 8.01. The highest BCUT2D eigenvalue weighted by Gasteiger charge is 2.36. The van der Waals surface area contributed by atoms with Gasteiger partial charge in [0.1, 0.15) is 6.04 Å². The molecule has 2 aliphatic heterocycles. The molecule has 1 N–H and O–H groups in total. The van der Waals surface area contributed by atoms with Crippen molar-refractivity contribution in [2.24, 2.45) is 0 Å². The van der Waals surface area contributed by atoms with Crippen LogP contribution in [-0.4, -0.2) is 35.3 Å². The number of rotatable bonds is 8. The van der Waals surface area contributed by atoms with Gasteiger partial charge in [-0.05, 0) is 34.9 Å². The largest absolute Gasteiger partial charge is 0.454 e. The molecule has 0 radical (unpaired) electrons. The van der Waals surface area contributed by atoms with E-state index in [9.17, 15) is 9.59 Å². The lowest BCUT2D eigenvalue weighted by Crippen LogP contribution is -2.48. The van der Waals surface area contributed by atoms with E-state index in [-0.39, 0.29) is 18.6 Å². The maximum absolute atomic E-state index is 13.3. The van der Waals surface area contributed by atoms with E-state index >= 15 is 0 Å². The molecule has 0 saturated carbocycles. The zero-order valence-corrected chi connectivity index (χ0v) is 18.8. The van der Waals surface area contributed by atoms with E-state index in [4.69, 9.17) is 9.47 Å². The molecule has 0 bridgehead atoms. The molecule has 0 fully saturated rings. The molecule has 3 aromatic rings. The molecular weight excluding hydrogens is 436 g/mol. The fraction of sp³-hybridized carbons (Fsp3) is 0.231. The minimum atomic E-state index is -0.562. The molecule has 168 valence electrons. The molecule has 1 atom stereocenters. The zero-order valence-electron chi connectivity index (χ0n) is 18.0. The first kappa shape index (κ1) is 21.4. The quantitative estimate of drug-likeness (QED) is 0.551. The summed E-state index contributed by atoms with van der Waals surface area (Å²) in [6.45, 7) is 1.01. The number of ether oxygens (including phenoxy) is 2. The van der Waals surface area contributed by atoms with E-state index in [2.05, 4.69) is 17.4 Å². The maximum Gasteiger partial charge on any atom is 0.255 e. The smallest absolute Gasteiger partial charge is 0.255 e.